The summed E-state index contributed by atoms with van der Waals surface area (Å²) >= 11 is 11.8. The van der Waals surface area contributed by atoms with Crippen molar-refractivity contribution in [2.75, 3.05) is 0 Å². The minimum atomic E-state index is -0.709. The van der Waals surface area contributed by atoms with Gasteiger partial charge in [0.1, 0.15) is 5.54 Å². The fraction of sp³-hybridized carbons (Fsp3) is 0.500. The first-order valence-corrected chi connectivity index (χ1v) is 7.86. The molecule has 2 rings (SSSR count). The number of rotatable bonds is 3. The maximum absolute atomic E-state index is 12.2. The number of carbonyl (C=O) groups is 1. The van der Waals surface area contributed by atoms with Crippen LogP contribution in [0.1, 0.15) is 38.2 Å². The Morgan fingerprint density at radius 3 is 2.62 bits per heavy atom. The van der Waals surface area contributed by atoms with Gasteiger partial charge in [0.2, 0.25) is 5.91 Å². The molecule has 1 saturated carbocycles. The Morgan fingerprint density at radius 2 is 2.05 bits per heavy atom. The van der Waals surface area contributed by atoms with Gasteiger partial charge in [-0.1, -0.05) is 36.2 Å². The van der Waals surface area contributed by atoms with E-state index in [2.05, 4.69) is 18.3 Å². The lowest BCUT2D eigenvalue weighted by Crippen LogP contribution is -2.50. The van der Waals surface area contributed by atoms with Crippen LogP contribution in [0, 0.1) is 17.2 Å². The molecule has 1 fully saturated rings. The van der Waals surface area contributed by atoms with Crippen LogP contribution < -0.4 is 5.32 Å². The number of halogens is 2. The first-order valence-electron chi connectivity index (χ1n) is 7.10. The van der Waals surface area contributed by atoms with Gasteiger partial charge in [-0.25, -0.2) is 0 Å². The van der Waals surface area contributed by atoms with Gasteiger partial charge in [-0.2, -0.15) is 5.26 Å². The molecular formula is C16H18Cl2N2O. The lowest BCUT2D eigenvalue weighted by Gasteiger charge is -2.34. The molecule has 5 heteroatoms. The van der Waals surface area contributed by atoms with Crippen molar-refractivity contribution in [1.29, 1.82) is 5.26 Å². The molecular weight excluding hydrogens is 307 g/mol. The molecule has 0 spiro atoms. The molecule has 1 aromatic rings. The number of carbonyl (C=O) groups excluding carboxylic acids is 1. The van der Waals surface area contributed by atoms with E-state index in [0.717, 1.165) is 31.2 Å². The Hall–Kier alpha value is -1.24. The highest BCUT2D eigenvalue weighted by Gasteiger charge is 2.35. The van der Waals surface area contributed by atoms with E-state index in [1.165, 1.54) is 0 Å². The molecule has 112 valence electrons. The van der Waals surface area contributed by atoms with Crippen molar-refractivity contribution in [2.45, 2.75) is 44.6 Å². The molecule has 1 aliphatic rings. The third-order valence-electron chi connectivity index (χ3n) is 4.07. The molecule has 0 bridgehead atoms. The number of nitrogens with one attached hydrogen (secondary N) is 1. The molecule has 0 saturated heterocycles. The molecule has 0 aliphatic heterocycles. The standard InChI is InChI=1S/C16H18Cl2N2O/c1-11-4-6-16(10-19,7-5-11)20-15(21)9-12-2-3-13(17)14(18)8-12/h2-3,8,11H,4-7,9H2,1H3,(H,20,21). The fourth-order valence-corrected chi connectivity index (χ4v) is 2.99. The van der Waals surface area contributed by atoms with Gasteiger partial charge in [0.05, 0.1) is 22.5 Å². The average Bonchev–Trinajstić information content (AvgIpc) is 2.46. The van der Waals surface area contributed by atoms with Crippen LogP contribution in [-0.4, -0.2) is 11.4 Å². The SMILES string of the molecule is CC1CCC(C#N)(NC(=O)Cc2ccc(Cl)c(Cl)c2)CC1. The molecule has 0 aromatic heterocycles. The highest BCUT2D eigenvalue weighted by atomic mass is 35.5. The Balaban J connectivity index is 2.00. The minimum absolute atomic E-state index is 0.149. The third kappa shape index (κ3) is 4.12. The van der Waals surface area contributed by atoms with Crippen LogP contribution in [0.15, 0.2) is 18.2 Å². The lowest BCUT2D eigenvalue weighted by atomic mass is 9.78. The zero-order valence-electron chi connectivity index (χ0n) is 12.0. The van der Waals surface area contributed by atoms with Gasteiger partial charge >= 0.3 is 0 Å². The summed E-state index contributed by atoms with van der Waals surface area (Å²) in [7, 11) is 0. The molecule has 1 aromatic carbocycles. The summed E-state index contributed by atoms with van der Waals surface area (Å²) in [5.41, 5.74) is 0.0824. The number of hydrogen-bond acceptors (Lipinski definition) is 2. The van der Waals surface area contributed by atoms with Gasteiger partial charge in [0.25, 0.3) is 0 Å². The monoisotopic (exact) mass is 324 g/mol. The van der Waals surface area contributed by atoms with Gasteiger partial charge < -0.3 is 5.32 Å². The summed E-state index contributed by atoms with van der Waals surface area (Å²) in [5.74, 6) is 0.475. The van der Waals surface area contributed by atoms with Gasteiger partial charge in [-0.3, -0.25) is 4.79 Å². The molecule has 1 amide bonds. The van der Waals surface area contributed by atoms with Crippen LogP contribution >= 0.6 is 23.2 Å². The van der Waals surface area contributed by atoms with E-state index in [0.29, 0.717) is 16.0 Å². The van der Waals surface area contributed by atoms with Crippen LogP contribution in [-0.2, 0) is 11.2 Å². The second kappa shape index (κ2) is 6.68. The van der Waals surface area contributed by atoms with E-state index in [4.69, 9.17) is 23.2 Å². The van der Waals surface area contributed by atoms with E-state index in [-0.39, 0.29) is 12.3 Å². The summed E-state index contributed by atoms with van der Waals surface area (Å²) in [6.07, 6.45) is 3.59. The number of amides is 1. The van der Waals surface area contributed by atoms with Crippen molar-refractivity contribution in [1.82, 2.24) is 5.32 Å². The predicted molar refractivity (Wildman–Crippen MR) is 84.3 cm³/mol. The topological polar surface area (TPSA) is 52.9 Å². The molecule has 0 unspecified atom stereocenters. The van der Waals surface area contributed by atoms with E-state index in [1.54, 1.807) is 18.2 Å². The van der Waals surface area contributed by atoms with E-state index < -0.39 is 5.54 Å². The number of benzene rings is 1. The Bertz CT molecular complexity index is 572. The summed E-state index contributed by atoms with van der Waals surface area (Å²) < 4.78 is 0. The van der Waals surface area contributed by atoms with E-state index in [1.807, 2.05) is 0 Å². The van der Waals surface area contributed by atoms with Crippen LogP contribution in [0.3, 0.4) is 0 Å². The molecule has 1 N–H and O–H groups in total. The molecule has 0 atom stereocenters. The predicted octanol–water partition coefficient (Wildman–Crippen LogP) is 4.12. The van der Waals surface area contributed by atoms with Crippen LogP contribution in [0.25, 0.3) is 0 Å². The highest BCUT2D eigenvalue weighted by molar-refractivity contribution is 6.42. The van der Waals surface area contributed by atoms with Crippen LogP contribution in [0.5, 0.6) is 0 Å². The fourth-order valence-electron chi connectivity index (χ4n) is 2.67. The summed E-state index contributed by atoms with van der Waals surface area (Å²) in [5, 5.41) is 13.2. The van der Waals surface area contributed by atoms with Gasteiger partial charge in [0.15, 0.2) is 0 Å². The third-order valence-corrected chi connectivity index (χ3v) is 4.81. The maximum atomic E-state index is 12.2. The second-order valence-corrected chi connectivity index (χ2v) is 6.66. The smallest absolute Gasteiger partial charge is 0.225 e. The van der Waals surface area contributed by atoms with Gasteiger partial charge in [-0.05, 0) is 49.3 Å². The zero-order chi connectivity index (χ0) is 15.5. The minimum Gasteiger partial charge on any atom is -0.338 e. The van der Waals surface area contributed by atoms with E-state index in [9.17, 15) is 10.1 Å². The van der Waals surface area contributed by atoms with Crippen molar-refractivity contribution in [3.05, 3.63) is 33.8 Å². The Morgan fingerprint density at radius 1 is 1.38 bits per heavy atom. The van der Waals surface area contributed by atoms with Gasteiger partial charge in [-0.15, -0.1) is 0 Å². The average molecular weight is 325 g/mol. The van der Waals surface area contributed by atoms with Crippen molar-refractivity contribution in [3.63, 3.8) is 0 Å². The first kappa shape index (κ1) is 16.1. The quantitative estimate of drug-likeness (QED) is 0.909. The molecule has 0 heterocycles. The number of hydrogen-bond donors (Lipinski definition) is 1. The van der Waals surface area contributed by atoms with Crippen molar-refractivity contribution in [3.8, 4) is 6.07 Å². The number of nitrogens with zero attached hydrogens (tertiary/aromatic N) is 1. The Kier molecular flexibility index (Phi) is 5.13. The van der Waals surface area contributed by atoms with Crippen LogP contribution in [0.4, 0.5) is 0 Å². The zero-order valence-corrected chi connectivity index (χ0v) is 13.5. The maximum Gasteiger partial charge on any atom is 0.225 e. The largest absolute Gasteiger partial charge is 0.338 e. The van der Waals surface area contributed by atoms with Crippen molar-refractivity contribution in [2.24, 2.45) is 5.92 Å². The summed E-state index contributed by atoms with van der Waals surface area (Å²) in [4.78, 5) is 12.2. The highest BCUT2D eigenvalue weighted by Crippen LogP contribution is 2.31. The first-order chi connectivity index (χ1) is 9.94. The second-order valence-electron chi connectivity index (χ2n) is 5.85. The molecule has 0 radical (unpaired) electrons. The summed E-state index contributed by atoms with van der Waals surface area (Å²) in [6.45, 7) is 2.18. The lowest BCUT2D eigenvalue weighted by molar-refractivity contribution is -0.122. The number of nitriles is 1. The normalized spacial score (nSPS) is 25.1. The van der Waals surface area contributed by atoms with Crippen LogP contribution in [0.2, 0.25) is 10.0 Å². The molecule has 3 nitrogen and oxygen atoms in total. The van der Waals surface area contributed by atoms with Gasteiger partial charge in [0, 0.05) is 0 Å². The van der Waals surface area contributed by atoms with Crippen molar-refractivity contribution >= 4 is 29.1 Å². The molecule has 1 aliphatic carbocycles. The van der Waals surface area contributed by atoms with E-state index >= 15 is 0 Å². The Labute approximate surface area is 135 Å². The molecule has 21 heavy (non-hydrogen) atoms. The van der Waals surface area contributed by atoms with Crippen molar-refractivity contribution < 1.29 is 4.79 Å². The summed E-state index contributed by atoms with van der Waals surface area (Å²) in [6, 6.07) is 7.43.